The summed E-state index contributed by atoms with van der Waals surface area (Å²) >= 11 is 0. The lowest BCUT2D eigenvalue weighted by molar-refractivity contribution is -0.327. The highest BCUT2D eigenvalue weighted by Crippen LogP contribution is 2.76. The van der Waals surface area contributed by atoms with Crippen LogP contribution in [0.2, 0.25) is 0 Å². The molecule has 0 spiro atoms. The first kappa shape index (κ1) is 44.3. The van der Waals surface area contributed by atoms with Crippen molar-refractivity contribution in [1.82, 2.24) is 0 Å². The molecule has 4 saturated carbocycles. The molecule has 0 unspecified atom stereocenters. The minimum absolute atomic E-state index is 0.0812. The van der Waals surface area contributed by atoms with Gasteiger partial charge in [-0.25, -0.2) is 4.79 Å². The highest BCUT2D eigenvalue weighted by Gasteiger charge is 2.71. The highest BCUT2D eigenvalue weighted by atomic mass is 16.7. The smallest absolute Gasteiger partial charge is 0.335 e. The topological polar surface area (TPSA) is 273 Å². The number of carboxylic acid groups (broad SMARTS) is 1. The van der Waals surface area contributed by atoms with Crippen molar-refractivity contribution in [2.24, 2.45) is 50.2 Å². The van der Waals surface area contributed by atoms with Crippen LogP contribution < -0.4 is 0 Å². The van der Waals surface area contributed by atoms with E-state index in [4.69, 9.17) is 18.9 Å². The van der Waals surface area contributed by atoms with Crippen molar-refractivity contribution in [3.8, 4) is 0 Å². The molecule has 16 heteroatoms. The van der Waals surface area contributed by atoms with Crippen molar-refractivity contribution < 1.29 is 79.6 Å². The van der Waals surface area contributed by atoms with E-state index in [0.717, 1.165) is 12.0 Å². The molecule has 2 heterocycles. The molecule has 0 bridgehead atoms. The minimum atomic E-state index is -1.85. The van der Waals surface area contributed by atoms with Crippen LogP contribution in [-0.4, -0.2) is 150 Å². The number of carboxylic acids is 1. The van der Waals surface area contributed by atoms with Crippen LogP contribution in [0, 0.1) is 50.2 Å². The predicted molar refractivity (Wildman–Crippen MR) is 201 cm³/mol. The van der Waals surface area contributed by atoms with Gasteiger partial charge in [0.15, 0.2) is 12.4 Å². The van der Waals surface area contributed by atoms with E-state index in [1.807, 2.05) is 20.8 Å². The second-order valence-electron chi connectivity index (χ2n) is 20.5. The molecule has 2 aliphatic heterocycles. The average Bonchev–Trinajstić information content (AvgIpc) is 3.17. The Hall–Kier alpha value is -1.80. The molecule has 5 aliphatic carbocycles. The van der Waals surface area contributed by atoms with Crippen LogP contribution in [0.25, 0.3) is 0 Å². The van der Waals surface area contributed by atoms with E-state index in [2.05, 4.69) is 26.8 Å². The number of esters is 1. The van der Waals surface area contributed by atoms with Gasteiger partial charge in [-0.05, 0) is 91.3 Å². The summed E-state index contributed by atoms with van der Waals surface area (Å²) in [6.45, 7) is 11.8. The van der Waals surface area contributed by atoms with Crippen LogP contribution >= 0.6 is 0 Å². The molecule has 7 aliphatic rings. The Bertz CT molecular complexity index is 1620. The summed E-state index contributed by atoms with van der Waals surface area (Å²) in [5.41, 5.74) is -2.70. The van der Waals surface area contributed by atoms with Gasteiger partial charge in [-0.15, -0.1) is 0 Å². The highest BCUT2D eigenvalue weighted by molar-refractivity contribution is 5.79. The van der Waals surface area contributed by atoms with E-state index in [-0.39, 0.29) is 29.3 Å². The first-order valence-corrected chi connectivity index (χ1v) is 21.1. The molecule has 10 N–H and O–H groups in total. The molecular weight excluding hydrogens is 760 g/mol. The molecular formula is C42H66O16. The van der Waals surface area contributed by atoms with E-state index in [0.29, 0.717) is 51.4 Å². The van der Waals surface area contributed by atoms with Gasteiger partial charge in [0.1, 0.15) is 42.7 Å². The largest absolute Gasteiger partial charge is 0.479 e. The van der Waals surface area contributed by atoms with Gasteiger partial charge in [0, 0.05) is 11.3 Å². The Kier molecular flexibility index (Phi) is 11.4. The summed E-state index contributed by atoms with van der Waals surface area (Å²) in [6, 6.07) is 0. The summed E-state index contributed by atoms with van der Waals surface area (Å²) in [5.74, 6) is -2.78. The number of hydrogen-bond donors (Lipinski definition) is 10. The maximum atomic E-state index is 14.6. The van der Waals surface area contributed by atoms with Gasteiger partial charge in [-0.2, -0.15) is 0 Å². The number of aliphatic hydroxyl groups excluding tert-OH is 9. The lowest BCUT2D eigenvalue weighted by Crippen LogP contribution is -2.68. The Balaban J connectivity index is 1.19. The maximum Gasteiger partial charge on any atom is 0.335 e. The third-order valence-corrected chi connectivity index (χ3v) is 17.5. The standard InChI is InChI=1S/C42H66O16/c1-37(2)13-15-42(36(54)58-34-29(49)26(46)25(45)20(17-43)55-34)16-14-40(5)19(24(42)32(37)51)7-8-22-38(3)11-10-23(39(4,18-44)21(38)9-12-41(22,40)6)56-35-30(50)27(47)28(48)31(57-35)33(52)53/h7,20-32,34-35,43-51H,8-18H2,1-6H3,(H,52,53)/t20-,21-,22-,23+,24-,25-,26+,27+,28+,29-,30-,31+,32+,34+,35-,38+,39+,40-,41-,42+/m1/s1. The molecule has 16 nitrogen and oxygen atoms in total. The first-order valence-electron chi connectivity index (χ1n) is 21.1. The van der Waals surface area contributed by atoms with E-state index in [1.165, 1.54) is 0 Å². The van der Waals surface area contributed by atoms with E-state index < -0.39 is 120 Å². The Labute approximate surface area is 339 Å². The van der Waals surface area contributed by atoms with Crippen LogP contribution in [0.4, 0.5) is 0 Å². The van der Waals surface area contributed by atoms with Crippen LogP contribution in [0.5, 0.6) is 0 Å². The SMILES string of the molecule is CC1(C)CC[C@]2(C(=O)O[C@@H]3O[C@H](CO)[C@@H](O)[C@H](O)[C@H]3O)CC[C@]3(C)C(=CC[C@@H]4[C@@]5(C)CC[C@H](O[C@@H]6O[C@H](C(=O)O)[C@@H](O)[C@H](O)[C@H]6O)[C@@](C)(CO)[C@@H]5CC[C@]43C)[C@@H]2[C@@H]1O. The third kappa shape index (κ3) is 6.21. The van der Waals surface area contributed by atoms with Crippen LogP contribution in [0.1, 0.15) is 99.3 Å². The number of aliphatic carboxylic acids is 1. The Morgan fingerprint density at radius 3 is 2.02 bits per heavy atom. The summed E-state index contributed by atoms with van der Waals surface area (Å²) in [7, 11) is 0. The fourth-order valence-corrected chi connectivity index (χ4v) is 13.5. The number of aliphatic hydroxyl groups is 9. The van der Waals surface area contributed by atoms with Crippen molar-refractivity contribution in [1.29, 1.82) is 0 Å². The van der Waals surface area contributed by atoms with Crippen molar-refractivity contribution in [2.75, 3.05) is 13.2 Å². The van der Waals surface area contributed by atoms with Gasteiger partial charge in [0.2, 0.25) is 6.29 Å². The van der Waals surface area contributed by atoms with Crippen molar-refractivity contribution >= 4 is 11.9 Å². The van der Waals surface area contributed by atoms with E-state index >= 15 is 0 Å². The van der Waals surface area contributed by atoms with E-state index in [9.17, 15) is 60.7 Å². The third-order valence-electron chi connectivity index (χ3n) is 17.5. The van der Waals surface area contributed by atoms with Crippen molar-refractivity contribution in [3.63, 3.8) is 0 Å². The fourth-order valence-electron chi connectivity index (χ4n) is 13.5. The summed E-state index contributed by atoms with van der Waals surface area (Å²) in [6.07, 6.45) is -11.0. The Morgan fingerprint density at radius 2 is 1.38 bits per heavy atom. The van der Waals surface area contributed by atoms with Crippen molar-refractivity contribution in [3.05, 3.63) is 11.6 Å². The number of ether oxygens (including phenoxy) is 4. The molecule has 0 amide bonds. The van der Waals surface area contributed by atoms with Crippen LogP contribution in [0.15, 0.2) is 11.6 Å². The zero-order valence-corrected chi connectivity index (χ0v) is 34.4. The summed E-state index contributed by atoms with van der Waals surface area (Å²) in [4.78, 5) is 26.4. The summed E-state index contributed by atoms with van der Waals surface area (Å²) < 4.78 is 23.3. The summed E-state index contributed by atoms with van der Waals surface area (Å²) in [5, 5.41) is 106. The van der Waals surface area contributed by atoms with Gasteiger partial charge in [-0.3, -0.25) is 4.79 Å². The van der Waals surface area contributed by atoms with Crippen LogP contribution in [0.3, 0.4) is 0 Å². The molecule has 0 aromatic heterocycles. The van der Waals surface area contributed by atoms with Gasteiger partial charge in [-0.1, -0.05) is 53.2 Å². The maximum absolute atomic E-state index is 14.6. The number of fused-ring (bicyclic) bond motifs is 7. The Morgan fingerprint density at radius 1 is 0.741 bits per heavy atom. The van der Waals surface area contributed by atoms with Gasteiger partial charge >= 0.3 is 11.9 Å². The molecule has 0 aromatic carbocycles. The molecule has 20 atom stereocenters. The van der Waals surface area contributed by atoms with Gasteiger partial charge < -0.3 is 70.0 Å². The number of allylic oxidation sites excluding steroid dienone is 1. The molecule has 6 fully saturated rings. The molecule has 0 radical (unpaired) electrons. The minimum Gasteiger partial charge on any atom is -0.479 e. The molecule has 7 rings (SSSR count). The van der Waals surface area contributed by atoms with Crippen molar-refractivity contribution in [2.45, 2.75) is 173 Å². The monoisotopic (exact) mass is 826 g/mol. The zero-order valence-electron chi connectivity index (χ0n) is 34.4. The number of rotatable bonds is 7. The molecule has 0 aromatic rings. The second-order valence-corrected chi connectivity index (χ2v) is 20.5. The van der Waals surface area contributed by atoms with Gasteiger partial charge in [0.05, 0.1) is 30.8 Å². The first-order chi connectivity index (χ1) is 27.0. The zero-order chi connectivity index (χ0) is 42.7. The number of carbonyl (C=O) groups is 2. The average molecular weight is 827 g/mol. The second kappa shape index (κ2) is 14.9. The van der Waals surface area contributed by atoms with Crippen LogP contribution in [-0.2, 0) is 28.5 Å². The quantitative estimate of drug-likeness (QED) is 0.0943. The molecule has 2 saturated heterocycles. The molecule has 58 heavy (non-hydrogen) atoms. The number of hydrogen-bond acceptors (Lipinski definition) is 15. The number of carbonyl (C=O) groups excluding carboxylic acids is 1. The predicted octanol–water partition coefficient (Wildman–Crippen LogP) is 0.352. The van der Waals surface area contributed by atoms with E-state index in [1.54, 1.807) is 0 Å². The lowest BCUT2D eigenvalue weighted by Gasteiger charge is -2.71. The fraction of sp³-hybridized carbons (Fsp3) is 0.905. The lowest BCUT2D eigenvalue weighted by atomic mass is 9.33. The molecule has 330 valence electrons. The van der Waals surface area contributed by atoms with Gasteiger partial charge in [0.25, 0.3) is 0 Å². The normalized spacial score (nSPS) is 53.8.